The summed E-state index contributed by atoms with van der Waals surface area (Å²) < 4.78 is 5.73. The quantitative estimate of drug-likeness (QED) is 0.455. The van der Waals surface area contributed by atoms with Gasteiger partial charge in [0.1, 0.15) is 12.1 Å². The Bertz CT molecular complexity index is 1000. The first-order valence-corrected chi connectivity index (χ1v) is 9.85. The third kappa shape index (κ3) is 4.55. The van der Waals surface area contributed by atoms with Gasteiger partial charge in [-0.1, -0.05) is 48.0 Å². The molecule has 0 aliphatic carbocycles. The van der Waals surface area contributed by atoms with Gasteiger partial charge in [0.15, 0.2) is 0 Å². The molecule has 30 heavy (non-hydrogen) atoms. The molecule has 0 N–H and O–H groups in total. The van der Waals surface area contributed by atoms with Crippen molar-refractivity contribution in [2.75, 3.05) is 31.1 Å². The van der Waals surface area contributed by atoms with Crippen LogP contribution in [0.4, 0.5) is 11.5 Å². The molecule has 0 spiro atoms. The number of nitrogens with zero attached hydrogens (tertiary/aromatic N) is 5. The van der Waals surface area contributed by atoms with E-state index in [9.17, 15) is 10.1 Å². The average Bonchev–Trinajstić information content (AvgIpc) is 2.76. The molecule has 0 amide bonds. The smallest absolute Gasteiger partial charge is 0.373 e. The van der Waals surface area contributed by atoms with Gasteiger partial charge in [0.25, 0.3) is 0 Å². The molecule has 1 aliphatic heterocycles. The van der Waals surface area contributed by atoms with Gasteiger partial charge in [0.2, 0.25) is 5.82 Å². The predicted molar refractivity (Wildman–Crippen MR) is 114 cm³/mol. The third-order valence-electron chi connectivity index (χ3n) is 5.11. The lowest BCUT2D eigenvalue weighted by molar-refractivity contribution is -0.385. The van der Waals surface area contributed by atoms with Crippen LogP contribution in [-0.2, 0) is 6.54 Å². The molecule has 8 nitrogen and oxygen atoms in total. The summed E-state index contributed by atoms with van der Waals surface area (Å²) in [5, 5.41) is 11.8. The minimum absolute atomic E-state index is 0.0411. The Balaban J connectivity index is 1.50. The summed E-state index contributed by atoms with van der Waals surface area (Å²) >= 11 is 0. The van der Waals surface area contributed by atoms with Crippen LogP contribution < -0.4 is 9.64 Å². The lowest BCUT2D eigenvalue weighted by Crippen LogP contribution is -2.46. The fraction of sp³-hybridized carbons (Fsp3) is 0.273. The SMILES string of the molecule is Cc1ccc(Oc2ncnc(N3CCN(Cc4ccccc4)CC3)c2[N+](=O)[O-])cc1. The Morgan fingerprint density at radius 2 is 1.70 bits per heavy atom. The van der Waals surface area contributed by atoms with E-state index in [0.717, 1.165) is 25.2 Å². The molecule has 1 aromatic heterocycles. The Kier molecular flexibility index (Phi) is 5.85. The minimum atomic E-state index is -0.463. The number of ether oxygens (including phenoxy) is 1. The van der Waals surface area contributed by atoms with E-state index in [1.54, 1.807) is 12.1 Å². The molecule has 1 fully saturated rings. The Hall–Kier alpha value is -3.52. The zero-order valence-corrected chi connectivity index (χ0v) is 16.8. The first kappa shape index (κ1) is 19.8. The number of rotatable bonds is 6. The van der Waals surface area contributed by atoms with Crippen molar-refractivity contribution in [2.45, 2.75) is 13.5 Å². The van der Waals surface area contributed by atoms with E-state index in [-0.39, 0.29) is 11.6 Å². The molecule has 0 saturated carbocycles. The number of anilines is 1. The highest BCUT2D eigenvalue weighted by Gasteiger charge is 2.30. The van der Waals surface area contributed by atoms with Crippen molar-refractivity contribution >= 4 is 11.5 Å². The Morgan fingerprint density at radius 3 is 2.37 bits per heavy atom. The second-order valence-corrected chi connectivity index (χ2v) is 7.27. The van der Waals surface area contributed by atoms with Crippen molar-refractivity contribution in [3.8, 4) is 11.6 Å². The van der Waals surface area contributed by atoms with Gasteiger partial charge in [-0.15, -0.1) is 0 Å². The maximum absolute atomic E-state index is 11.8. The predicted octanol–water partition coefficient (Wildman–Crippen LogP) is 3.81. The van der Waals surface area contributed by atoms with Gasteiger partial charge in [0.05, 0.1) is 4.92 Å². The fourth-order valence-electron chi connectivity index (χ4n) is 3.50. The van der Waals surface area contributed by atoms with Crippen LogP contribution in [0.1, 0.15) is 11.1 Å². The van der Waals surface area contributed by atoms with Crippen LogP contribution in [0.2, 0.25) is 0 Å². The van der Waals surface area contributed by atoms with Crippen molar-refractivity contribution in [1.82, 2.24) is 14.9 Å². The van der Waals surface area contributed by atoms with Gasteiger partial charge >= 0.3 is 11.6 Å². The van der Waals surface area contributed by atoms with Crippen LogP contribution in [0, 0.1) is 17.0 Å². The van der Waals surface area contributed by atoms with Gasteiger partial charge in [-0.05, 0) is 24.6 Å². The molecule has 1 aliphatic rings. The number of piperazine rings is 1. The molecule has 0 atom stereocenters. The topological polar surface area (TPSA) is 84.6 Å². The molecular formula is C22H23N5O3. The van der Waals surface area contributed by atoms with E-state index >= 15 is 0 Å². The van der Waals surface area contributed by atoms with E-state index in [4.69, 9.17) is 4.74 Å². The van der Waals surface area contributed by atoms with Gasteiger partial charge < -0.3 is 9.64 Å². The summed E-state index contributed by atoms with van der Waals surface area (Å²) in [6.45, 7) is 5.71. The van der Waals surface area contributed by atoms with E-state index in [2.05, 4.69) is 27.0 Å². The molecule has 0 radical (unpaired) electrons. The first-order valence-electron chi connectivity index (χ1n) is 9.85. The van der Waals surface area contributed by atoms with Crippen LogP contribution in [-0.4, -0.2) is 46.0 Å². The molecule has 8 heteroatoms. The van der Waals surface area contributed by atoms with Crippen LogP contribution >= 0.6 is 0 Å². The average molecular weight is 405 g/mol. The Morgan fingerprint density at radius 1 is 1.00 bits per heavy atom. The van der Waals surface area contributed by atoms with Gasteiger partial charge in [-0.25, -0.2) is 4.98 Å². The lowest BCUT2D eigenvalue weighted by Gasteiger charge is -2.35. The molecule has 0 unspecified atom stereocenters. The summed E-state index contributed by atoms with van der Waals surface area (Å²) in [6, 6.07) is 17.6. The molecule has 2 heterocycles. The molecule has 2 aromatic carbocycles. The maximum Gasteiger partial charge on any atom is 0.373 e. The van der Waals surface area contributed by atoms with E-state index in [1.165, 1.54) is 11.9 Å². The molecule has 3 aromatic rings. The van der Waals surface area contributed by atoms with Crippen molar-refractivity contribution in [2.24, 2.45) is 0 Å². The van der Waals surface area contributed by atoms with Gasteiger partial charge in [-0.2, -0.15) is 4.98 Å². The maximum atomic E-state index is 11.8. The zero-order valence-electron chi connectivity index (χ0n) is 16.8. The zero-order chi connectivity index (χ0) is 20.9. The Labute approximate surface area is 174 Å². The minimum Gasteiger partial charge on any atom is -0.434 e. The number of hydrogen-bond acceptors (Lipinski definition) is 7. The lowest BCUT2D eigenvalue weighted by atomic mass is 10.2. The number of hydrogen-bond donors (Lipinski definition) is 0. The standard InChI is InChI=1S/C22H23N5O3/c1-17-7-9-19(10-8-17)30-22-20(27(28)29)21(23-16-24-22)26-13-11-25(12-14-26)15-18-5-3-2-4-6-18/h2-10,16H,11-15H2,1H3. The normalized spacial score (nSPS) is 14.5. The summed E-state index contributed by atoms with van der Waals surface area (Å²) in [4.78, 5) is 23.9. The highest BCUT2D eigenvalue weighted by molar-refractivity contribution is 5.63. The van der Waals surface area contributed by atoms with Gasteiger partial charge in [-0.3, -0.25) is 15.0 Å². The second-order valence-electron chi connectivity index (χ2n) is 7.27. The van der Waals surface area contributed by atoms with E-state index < -0.39 is 4.92 Å². The summed E-state index contributed by atoms with van der Waals surface area (Å²) in [7, 11) is 0. The van der Waals surface area contributed by atoms with Gasteiger partial charge in [0, 0.05) is 32.7 Å². The third-order valence-corrected chi connectivity index (χ3v) is 5.11. The highest BCUT2D eigenvalue weighted by atomic mass is 16.6. The van der Waals surface area contributed by atoms with Crippen molar-refractivity contribution in [3.05, 3.63) is 82.2 Å². The molecule has 1 saturated heterocycles. The van der Waals surface area contributed by atoms with E-state index in [1.807, 2.05) is 42.2 Å². The van der Waals surface area contributed by atoms with Crippen LogP contribution in [0.5, 0.6) is 11.6 Å². The van der Waals surface area contributed by atoms with Crippen LogP contribution in [0.3, 0.4) is 0 Å². The number of nitro groups is 1. The molecule has 0 bridgehead atoms. The van der Waals surface area contributed by atoms with Crippen molar-refractivity contribution < 1.29 is 9.66 Å². The largest absolute Gasteiger partial charge is 0.434 e. The fourth-order valence-corrected chi connectivity index (χ4v) is 3.50. The number of aromatic nitrogens is 2. The summed E-state index contributed by atoms with van der Waals surface area (Å²) in [5.74, 6) is 0.762. The molecule has 154 valence electrons. The molecule has 4 rings (SSSR count). The van der Waals surface area contributed by atoms with E-state index in [0.29, 0.717) is 24.7 Å². The molecular weight excluding hydrogens is 382 g/mol. The van der Waals surface area contributed by atoms with Crippen LogP contribution in [0.25, 0.3) is 0 Å². The second kappa shape index (κ2) is 8.87. The first-order chi connectivity index (χ1) is 14.6. The van der Waals surface area contributed by atoms with Crippen LogP contribution in [0.15, 0.2) is 60.9 Å². The van der Waals surface area contributed by atoms with Crippen molar-refractivity contribution in [3.63, 3.8) is 0 Å². The monoisotopic (exact) mass is 405 g/mol. The van der Waals surface area contributed by atoms with Crippen molar-refractivity contribution in [1.29, 1.82) is 0 Å². The number of benzene rings is 2. The summed E-state index contributed by atoms with van der Waals surface area (Å²) in [5.41, 5.74) is 2.14. The number of aryl methyl sites for hydroxylation is 1. The highest BCUT2D eigenvalue weighted by Crippen LogP contribution is 2.36. The summed E-state index contributed by atoms with van der Waals surface area (Å²) in [6.07, 6.45) is 1.32.